The van der Waals surface area contributed by atoms with E-state index in [2.05, 4.69) is 5.32 Å². The van der Waals surface area contributed by atoms with Crippen molar-refractivity contribution in [3.05, 3.63) is 23.2 Å². The van der Waals surface area contributed by atoms with Gasteiger partial charge >= 0.3 is 0 Å². The number of nitrogens with one attached hydrogen (secondary N) is 1. The zero-order valence-electron chi connectivity index (χ0n) is 11.9. The molecule has 4 nitrogen and oxygen atoms in total. The van der Waals surface area contributed by atoms with Crippen molar-refractivity contribution in [1.29, 1.82) is 0 Å². The smallest absolute Gasteiger partial charge is 0.233 e. The Morgan fingerprint density at radius 1 is 1.29 bits per heavy atom. The van der Waals surface area contributed by atoms with Crippen LogP contribution in [0.3, 0.4) is 0 Å². The normalized spacial score (nSPS) is 18.0. The highest BCUT2D eigenvalue weighted by Crippen LogP contribution is 2.25. The molecule has 0 aromatic heterocycles. The Morgan fingerprint density at radius 2 is 1.95 bits per heavy atom. The molecule has 0 aliphatic heterocycles. The molecule has 1 aliphatic rings. The number of benzene rings is 1. The molecule has 1 saturated carbocycles. The molecule has 1 aromatic rings. The number of nitrogens with two attached hydrogens (primary N) is 1. The largest absolute Gasteiger partial charge is 0.398 e. The first-order valence-corrected chi connectivity index (χ1v) is 8.99. The number of halogens is 1. The number of nitrogen functional groups attached to an aromatic ring is 1. The van der Waals surface area contributed by atoms with Gasteiger partial charge in [0.1, 0.15) is 5.75 Å². The number of carbonyl (C=O) groups excluding carboxylic acids is 1. The van der Waals surface area contributed by atoms with E-state index in [1.807, 2.05) is 0 Å². The van der Waals surface area contributed by atoms with Crippen LogP contribution in [-0.2, 0) is 15.6 Å². The van der Waals surface area contributed by atoms with E-state index in [-0.39, 0.29) is 17.7 Å². The Bertz CT molecular complexity index is 508. The molecule has 0 radical (unpaired) electrons. The maximum absolute atomic E-state index is 12.3. The van der Waals surface area contributed by atoms with E-state index in [4.69, 9.17) is 17.3 Å². The minimum absolute atomic E-state index is 0.0928. The maximum Gasteiger partial charge on any atom is 0.233 e. The fraction of sp³-hybridized carbons (Fsp3) is 0.533. The van der Waals surface area contributed by atoms with Gasteiger partial charge in [-0.25, -0.2) is 0 Å². The molecule has 0 saturated heterocycles. The van der Waals surface area contributed by atoms with Crippen LogP contribution >= 0.6 is 11.6 Å². The van der Waals surface area contributed by atoms with Gasteiger partial charge in [0.2, 0.25) is 5.91 Å². The molecule has 0 spiro atoms. The van der Waals surface area contributed by atoms with Gasteiger partial charge in [0.25, 0.3) is 0 Å². The van der Waals surface area contributed by atoms with Crippen LogP contribution in [0.2, 0.25) is 5.02 Å². The van der Waals surface area contributed by atoms with E-state index in [1.165, 1.54) is 12.8 Å². The number of carbonyl (C=O) groups is 1. The second-order valence-corrected chi connectivity index (χ2v) is 7.20. The van der Waals surface area contributed by atoms with Crippen molar-refractivity contribution >= 4 is 34.0 Å². The number of hydrogen-bond donors (Lipinski definition) is 2. The Morgan fingerprint density at radius 3 is 2.57 bits per heavy atom. The number of anilines is 1. The van der Waals surface area contributed by atoms with Crippen LogP contribution in [0, 0.1) is 0 Å². The van der Waals surface area contributed by atoms with Crippen LogP contribution in [-0.4, -0.2) is 21.9 Å². The molecular formula is C15H21ClN2O2S. The topological polar surface area (TPSA) is 72.2 Å². The summed E-state index contributed by atoms with van der Waals surface area (Å²) in [6.45, 7) is 0. The molecule has 1 atom stereocenters. The van der Waals surface area contributed by atoms with Crippen molar-refractivity contribution < 1.29 is 9.00 Å². The second-order valence-electron chi connectivity index (χ2n) is 5.40. The molecule has 0 heterocycles. The second kappa shape index (κ2) is 7.80. The lowest BCUT2D eigenvalue weighted by Crippen LogP contribution is -2.37. The fourth-order valence-electron chi connectivity index (χ4n) is 2.65. The summed E-state index contributed by atoms with van der Waals surface area (Å²) in [5.41, 5.74) is 6.16. The molecule has 0 bridgehead atoms. The molecular weight excluding hydrogens is 308 g/mol. The first-order chi connectivity index (χ1) is 10.1. The van der Waals surface area contributed by atoms with Gasteiger partial charge < -0.3 is 11.1 Å². The number of amides is 1. The lowest BCUT2D eigenvalue weighted by atomic mass is 10.1. The minimum Gasteiger partial charge on any atom is -0.398 e. The zero-order chi connectivity index (χ0) is 15.2. The van der Waals surface area contributed by atoms with Crippen molar-refractivity contribution in [1.82, 2.24) is 5.32 Å². The summed E-state index contributed by atoms with van der Waals surface area (Å²) in [6.07, 6.45) is 6.76. The SMILES string of the molecule is Nc1cccc(Cl)c1S(=O)CC(=O)NC1CCCCCC1. The first-order valence-electron chi connectivity index (χ1n) is 7.29. The molecule has 3 N–H and O–H groups in total. The molecule has 2 rings (SSSR count). The molecule has 1 unspecified atom stereocenters. The third kappa shape index (κ3) is 4.71. The molecule has 1 aliphatic carbocycles. The van der Waals surface area contributed by atoms with E-state index in [0.717, 1.165) is 25.7 Å². The highest BCUT2D eigenvalue weighted by atomic mass is 35.5. The molecule has 1 aromatic carbocycles. The van der Waals surface area contributed by atoms with Gasteiger partial charge in [-0.1, -0.05) is 43.4 Å². The Hall–Kier alpha value is -1.07. The van der Waals surface area contributed by atoms with Crippen molar-refractivity contribution in [3.63, 3.8) is 0 Å². The van der Waals surface area contributed by atoms with E-state index in [9.17, 15) is 9.00 Å². The van der Waals surface area contributed by atoms with E-state index < -0.39 is 10.8 Å². The van der Waals surface area contributed by atoms with Crippen molar-refractivity contribution in [2.24, 2.45) is 0 Å². The predicted octanol–water partition coefficient (Wildman–Crippen LogP) is 2.87. The average Bonchev–Trinajstić information content (AvgIpc) is 2.66. The third-order valence-electron chi connectivity index (χ3n) is 3.71. The van der Waals surface area contributed by atoms with Crippen LogP contribution in [0.15, 0.2) is 23.1 Å². The number of rotatable bonds is 4. The maximum atomic E-state index is 12.3. The van der Waals surface area contributed by atoms with Gasteiger partial charge in [0.05, 0.1) is 20.7 Å². The average molecular weight is 329 g/mol. The van der Waals surface area contributed by atoms with Crippen molar-refractivity contribution in [3.8, 4) is 0 Å². The van der Waals surface area contributed by atoms with Crippen LogP contribution in [0.1, 0.15) is 38.5 Å². The lowest BCUT2D eigenvalue weighted by molar-refractivity contribution is -0.119. The molecule has 1 fully saturated rings. The van der Waals surface area contributed by atoms with Gasteiger partial charge in [-0.05, 0) is 25.0 Å². The zero-order valence-corrected chi connectivity index (χ0v) is 13.5. The molecule has 116 valence electrons. The standard InChI is InChI=1S/C15H21ClN2O2S/c16-12-8-5-9-13(17)15(12)21(20)10-14(19)18-11-6-3-1-2-4-7-11/h5,8-9,11H,1-4,6-7,10,17H2,(H,18,19). The van der Waals surface area contributed by atoms with Gasteiger partial charge in [-0.2, -0.15) is 0 Å². The van der Waals surface area contributed by atoms with Crippen LogP contribution in [0.4, 0.5) is 5.69 Å². The van der Waals surface area contributed by atoms with E-state index in [1.54, 1.807) is 18.2 Å². The van der Waals surface area contributed by atoms with E-state index >= 15 is 0 Å². The van der Waals surface area contributed by atoms with Gasteiger partial charge in [0, 0.05) is 11.7 Å². The lowest BCUT2D eigenvalue weighted by Gasteiger charge is -2.16. The number of hydrogen-bond acceptors (Lipinski definition) is 3. The van der Waals surface area contributed by atoms with E-state index in [0.29, 0.717) is 15.6 Å². The van der Waals surface area contributed by atoms with Gasteiger partial charge in [-0.15, -0.1) is 0 Å². The van der Waals surface area contributed by atoms with Crippen LogP contribution in [0.5, 0.6) is 0 Å². The summed E-state index contributed by atoms with van der Waals surface area (Å²) in [5, 5.41) is 3.33. The Labute approximate surface area is 132 Å². The third-order valence-corrected chi connectivity index (χ3v) is 5.57. The van der Waals surface area contributed by atoms with Crippen LogP contribution < -0.4 is 11.1 Å². The summed E-state index contributed by atoms with van der Waals surface area (Å²) in [6, 6.07) is 5.18. The molecule has 6 heteroatoms. The van der Waals surface area contributed by atoms with Crippen LogP contribution in [0.25, 0.3) is 0 Å². The summed E-state index contributed by atoms with van der Waals surface area (Å²) < 4.78 is 12.3. The Balaban J connectivity index is 1.94. The van der Waals surface area contributed by atoms with Crippen molar-refractivity contribution in [2.75, 3.05) is 11.5 Å². The predicted molar refractivity (Wildman–Crippen MR) is 86.8 cm³/mol. The fourth-order valence-corrected chi connectivity index (χ4v) is 4.17. The highest BCUT2D eigenvalue weighted by molar-refractivity contribution is 7.86. The van der Waals surface area contributed by atoms with Crippen molar-refractivity contribution in [2.45, 2.75) is 49.5 Å². The molecule has 1 amide bonds. The quantitative estimate of drug-likeness (QED) is 0.659. The molecule has 21 heavy (non-hydrogen) atoms. The summed E-state index contributed by atoms with van der Waals surface area (Å²) in [4.78, 5) is 12.4. The summed E-state index contributed by atoms with van der Waals surface area (Å²) >= 11 is 6.02. The monoisotopic (exact) mass is 328 g/mol. The Kier molecular flexibility index (Phi) is 6.06. The highest BCUT2D eigenvalue weighted by Gasteiger charge is 2.19. The summed E-state index contributed by atoms with van der Waals surface area (Å²) in [5.74, 6) is -0.288. The first kappa shape index (κ1) is 16.3. The minimum atomic E-state index is -1.51. The van der Waals surface area contributed by atoms with Gasteiger partial charge in [0.15, 0.2) is 0 Å². The summed E-state index contributed by atoms with van der Waals surface area (Å²) in [7, 11) is -1.51. The van der Waals surface area contributed by atoms with Gasteiger partial charge in [-0.3, -0.25) is 9.00 Å².